The van der Waals surface area contributed by atoms with E-state index in [0.717, 1.165) is 13.2 Å². The first-order valence-electron chi connectivity index (χ1n) is 3.69. The van der Waals surface area contributed by atoms with Crippen LogP contribution >= 0.6 is 0 Å². The molecule has 0 aromatic carbocycles. The molecule has 0 aliphatic carbocycles. The predicted octanol–water partition coefficient (Wildman–Crippen LogP) is 1.52. The third kappa shape index (κ3) is 9.04. The maximum absolute atomic E-state index is 4.83. The molecule has 0 saturated heterocycles. The van der Waals surface area contributed by atoms with Crippen LogP contribution < -0.4 is 0 Å². The molecule has 0 atom stereocenters. The zero-order chi connectivity index (χ0) is 8.36. The Labute approximate surface area is 67.4 Å². The SMILES string of the molecule is CCOCC.c1cncnc1. The van der Waals surface area contributed by atoms with E-state index in [1.807, 2.05) is 13.8 Å². The smallest absolute Gasteiger partial charge is 0.115 e. The molecule has 0 saturated carbocycles. The van der Waals surface area contributed by atoms with E-state index in [9.17, 15) is 0 Å². The molecule has 0 N–H and O–H groups in total. The third-order valence-corrected chi connectivity index (χ3v) is 0.886. The summed E-state index contributed by atoms with van der Waals surface area (Å²) in [5, 5.41) is 0. The van der Waals surface area contributed by atoms with Crippen LogP contribution in [0.5, 0.6) is 0 Å². The maximum atomic E-state index is 4.83. The van der Waals surface area contributed by atoms with Crippen molar-refractivity contribution in [2.24, 2.45) is 0 Å². The summed E-state index contributed by atoms with van der Waals surface area (Å²) >= 11 is 0. The van der Waals surface area contributed by atoms with E-state index in [2.05, 4.69) is 9.97 Å². The zero-order valence-corrected chi connectivity index (χ0v) is 7.03. The lowest BCUT2D eigenvalue weighted by molar-refractivity contribution is 0.162. The third-order valence-electron chi connectivity index (χ3n) is 0.886. The summed E-state index contributed by atoms with van der Waals surface area (Å²) in [6.45, 7) is 5.67. The van der Waals surface area contributed by atoms with Crippen molar-refractivity contribution < 1.29 is 4.74 Å². The topological polar surface area (TPSA) is 35.0 Å². The van der Waals surface area contributed by atoms with Gasteiger partial charge in [-0.1, -0.05) is 0 Å². The standard InChI is InChI=1S/C4H4N2.C4H10O/c1-2-5-4-6-3-1;1-3-5-4-2/h1-4H;3-4H2,1-2H3. The van der Waals surface area contributed by atoms with Crippen LogP contribution in [0.1, 0.15) is 13.8 Å². The summed E-state index contributed by atoms with van der Waals surface area (Å²) in [5.74, 6) is 0. The molecule has 1 rings (SSSR count). The van der Waals surface area contributed by atoms with Crippen molar-refractivity contribution in [1.29, 1.82) is 0 Å². The van der Waals surface area contributed by atoms with Crippen molar-refractivity contribution in [2.75, 3.05) is 13.2 Å². The Balaban J connectivity index is 0.000000187. The molecular weight excluding hydrogens is 140 g/mol. The van der Waals surface area contributed by atoms with Gasteiger partial charge in [0.15, 0.2) is 0 Å². The minimum absolute atomic E-state index is 0.844. The summed E-state index contributed by atoms with van der Waals surface area (Å²) in [6.07, 6.45) is 4.88. The highest BCUT2D eigenvalue weighted by Gasteiger charge is 1.64. The summed E-state index contributed by atoms with van der Waals surface area (Å²) in [4.78, 5) is 7.35. The van der Waals surface area contributed by atoms with Crippen molar-refractivity contribution in [3.63, 3.8) is 0 Å². The van der Waals surface area contributed by atoms with Crippen LogP contribution in [0.4, 0.5) is 0 Å². The Kier molecular flexibility index (Phi) is 8.25. The lowest BCUT2D eigenvalue weighted by atomic mass is 10.7. The van der Waals surface area contributed by atoms with E-state index < -0.39 is 0 Å². The lowest BCUT2D eigenvalue weighted by Gasteiger charge is -1.86. The molecule has 0 fully saturated rings. The number of aromatic nitrogens is 2. The van der Waals surface area contributed by atoms with Crippen molar-refractivity contribution in [3.05, 3.63) is 24.8 Å². The van der Waals surface area contributed by atoms with Crippen LogP contribution in [-0.2, 0) is 4.74 Å². The summed E-state index contributed by atoms with van der Waals surface area (Å²) in [7, 11) is 0. The Morgan fingerprint density at radius 1 is 1.09 bits per heavy atom. The van der Waals surface area contributed by atoms with Crippen molar-refractivity contribution in [1.82, 2.24) is 9.97 Å². The largest absolute Gasteiger partial charge is 0.382 e. The normalized spacial score (nSPS) is 8.18. The Morgan fingerprint density at radius 2 is 1.64 bits per heavy atom. The highest BCUT2D eigenvalue weighted by molar-refractivity contribution is 4.74. The highest BCUT2D eigenvalue weighted by Crippen LogP contribution is 1.66. The van der Waals surface area contributed by atoms with Gasteiger partial charge in [-0.2, -0.15) is 0 Å². The molecule has 1 aromatic heterocycles. The monoisotopic (exact) mass is 154 g/mol. The number of ether oxygens (including phenoxy) is 1. The molecule has 0 unspecified atom stereocenters. The quantitative estimate of drug-likeness (QED) is 0.647. The van der Waals surface area contributed by atoms with Gasteiger partial charge in [-0.25, -0.2) is 9.97 Å². The van der Waals surface area contributed by atoms with E-state index in [1.54, 1.807) is 18.5 Å². The maximum Gasteiger partial charge on any atom is 0.115 e. The second-order valence-electron chi connectivity index (χ2n) is 1.69. The second kappa shape index (κ2) is 9.04. The van der Waals surface area contributed by atoms with Gasteiger partial charge in [0, 0.05) is 25.6 Å². The molecular formula is C8H14N2O. The average Bonchev–Trinajstić information content (AvgIpc) is 2.10. The summed E-state index contributed by atoms with van der Waals surface area (Å²) < 4.78 is 4.83. The van der Waals surface area contributed by atoms with Gasteiger partial charge < -0.3 is 4.74 Å². The molecule has 0 aliphatic heterocycles. The molecule has 3 heteroatoms. The van der Waals surface area contributed by atoms with Gasteiger partial charge in [0.2, 0.25) is 0 Å². The molecule has 1 aromatic rings. The molecule has 0 amide bonds. The number of hydrogen-bond acceptors (Lipinski definition) is 3. The molecule has 1 heterocycles. The fourth-order valence-corrected chi connectivity index (χ4v) is 0.457. The first-order valence-corrected chi connectivity index (χ1v) is 3.69. The van der Waals surface area contributed by atoms with Gasteiger partial charge in [-0.05, 0) is 19.9 Å². The van der Waals surface area contributed by atoms with Crippen LogP contribution in [0.15, 0.2) is 24.8 Å². The van der Waals surface area contributed by atoms with Gasteiger partial charge >= 0.3 is 0 Å². The fraction of sp³-hybridized carbons (Fsp3) is 0.500. The fourth-order valence-electron chi connectivity index (χ4n) is 0.457. The van der Waals surface area contributed by atoms with Crippen LogP contribution in [0.2, 0.25) is 0 Å². The molecule has 0 spiro atoms. The van der Waals surface area contributed by atoms with E-state index in [0.29, 0.717) is 0 Å². The van der Waals surface area contributed by atoms with Crippen molar-refractivity contribution in [2.45, 2.75) is 13.8 Å². The van der Waals surface area contributed by atoms with Gasteiger partial charge in [-0.15, -0.1) is 0 Å². The number of nitrogens with zero attached hydrogens (tertiary/aromatic N) is 2. The average molecular weight is 154 g/mol. The van der Waals surface area contributed by atoms with E-state index >= 15 is 0 Å². The second-order valence-corrected chi connectivity index (χ2v) is 1.69. The Bertz CT molecular complexity index is 115. The van der Waals surface area contributed by atoms with Gasteiger partial charge in [0.1, 0.15) is 6.33 Å². The number of rotatable bonds is 2. The molecule has 3 nitrogen and oxygen atoms in total. The van der Waals surface area contributed by atoms with Crippen LogP contribution in [0.3, 0.4) is 0 Å². The first-order chi connectivity index (χ1) is 5.41. The van der Waals surface area contributed by atoms with Crippen LogP contribution in [0.25, 0.3) is 0 Å². The Morgan fingerprint density at radius 3 is 1.73 bits per heavy atom. The van der Waals surface area contributed by atoms with E-state index in [4.69, 9.17) is 4.74 Å². The van der Waals surface area contributed by atoms with Crippen molar-refractivity contribution in [3.8, 4) is 0 Å². The highest BCUT2D eigenvalue weighted by atomic mass is 16.5. The van der Waals surface area contributed by atoms with E-state index in [-0.39, 0.29) is 0 Å². The summed E-state index contributed by atoms with van der Waals surface area (Å²) in [6, 6.07) is 1.78. The zero-order valence-electron chi connectivity index (χ0n) is 7.03. The van der Waals surface area contributed by atoms with Crippen LogP contribution in [-0.4, -0.2) is 23.2 Å². The van der Waals surface area contributed by atoms with Gasteiger partial charge in [0.05, 0.1) is 0 Å². The number of hydrogen-bond donors (Lipinski definition) is 0. The first kappa shape index (κ1) is 10.0. The van der Waals surface area contributed by atoms with E-state index in [1.165, 1.54) is 6.33 Å². The molecule has 11 heavy (non-hydrogen) atoms. The minimum atomic E-state index is 0.844. The van der Waals surface area contributed by atoms with Gasteiger partial charge in [0.25, 0.3) is 0 Å². The predicted molar refractivity (Wildman–Crippen MR) is 44.2 cm³/mol. The molecule has 62 valence electrons. The molecule has 0 bridgehead atoms. The molecule has 0 radical (unpaired) electrons. The Hall–Kier alpha value is -0.960. The molecule has 0 aliphatic rings. The minimum Gasteiger partial charge on any atom is -0.382 e. The van der Waals surface area contributed by atoms with Crippen molar-refractivity contribution >= 4 is 0 Å². The van der Waals surface area contributed by atoms with Gasteiger partial charge in [-0.3, -0.25) is 0 Å². The summed E-state index contributed by atoms with van der Waals surface area (Å²) in [5.41, 5.74) is 0. The lowest BCUT2D eigenvalue weighted by Crippen LogP contribution is -1.84. The van der Waals surface area contributed by atoms with Crippen LogP contribution in [0, 0.1) is 0 Å².